The lowest BCUT2D eigenvalue weighted by atomic mass is 9.89. The average molecular weight is 646 g/mol. The van der Waals surface area contributed by atoms with Gasteiger partial charge in [0.2, 0.25) is 5.91 Å². The first kappa shape index (κ1) is 30.1. The van der Waals surface area contributed by atoms with E-state index in [2.05, 4.69) is 12.2 Å². The van der Waals surface area contributed by atoms with Gasteiger partial charge in [-0.2, -0.15) is 0 Å². The number of anilines is 1. The number of nitrogens with zero attached hydrogens (tertiary/aromatic N) is 2. The molecule has 0 fully saturated rings. The maximum absolute atomic E-state index is 14.0. The van der Waals surface area contributed by atoms with Crippen LogP contribution in [0.4, 0.5) is 5.00 Å². The molecule has 6 rings (SSSR count). The second-order valence-corrected chi connectivity index (χ2v) is 13.4. The number of nitrogens with one attached hydrogen (secondary N) is 1. The number of methoxy groups -OCH3 is 1. The number of hydrogen-bond acceptors (Lipinski definition) is 9. The zero-order chi connectivity index (χ0) is 30.8. The van der Waals surface area contributed by atoms with Gasteiger partial charge in [0.05, 0.1) is 30.5 Å². The van der Waals surface area contributed by atoms with Crippen molar-refractivity contribution in [1.82, 2.24) is 9.55 Å². The maximum atomic E-state index is 14.0. The van der Waals surface area contributed by atoms with E-state index in [9.17, 15) is 14.4 Å². The van der Waals surface area contributed by atoms with Gasteiger partial charge in [0.25, 0.3) is 5.56 Å². The molecule has 8 nitrogen and oxygen atoms in total. The summed E-state index contributed by atoms with van der Waals surface area (Å²) < 4.78 is 12.2. The molecule has 226 valence electrons. The highest BCUT2D eigenvalue weighted by Gasteiger charge is 2.26. The predicted octanol–water partition coefficient (Wildman–Crippen LogP) is 7.22. The van der Waals surface area contributed by atoms with Gasteiger partial charge in [-0.25, -0.2) is 9.78 Å². The first-order chi connectivity index (χ1) is 21.4. The quantitative estimate of drug-likeness (QED) is 0.103. The van der Waals surface area contributed by atoms with Crippen molar-refractivity contribution in [1.29, 1.82) is 0 Å². The number of ether oxygens (including phenoxy) is 2. The fraction of sp³-hybridized carbons (Fsp3) is 0.273. The summed E-state index contributed by atoms with van der Waals surface area (Å²) in [7, 11) is 1.59. The molecule has 5 aromatic rings. The van der Waals surface area contributed by atoms with Crippen LogP contribution in [-0.2, 0) is 22.4 Å². The van der Waals surface area contributed by atoms with Crippen LogP contribution in [0.3, 0.4) is 0 Å². The van der Waals surface area contributed by atoms with Gasteiger partial charge in [-0.05, 0) is 67.5 Å². The van der Waals surface area contributed by atoms with E-state index in [0.717, 1.165) is 35.2 Å². The van der Waals surface area contributed by atoms with Gasteiger partial charge >= 0.3 is 5.97 Å². The number of para-hydroxylation sites is 1. The Labute approximate surface area is 267 Å². The molecule has 3 aromatic heterocycles. The van der Waals surface area contributed by atoms with Crippen molar-refractivity contribution >= 4 is 61.5 Å². The lowest BCUT2D eigenvalue weighted by molar-refractivity contribution is -0.113. The molecule has 1 aliphatic rings. The summed E-state index contributed by atoms with van der Waals surface area (Å²) >= 11 is 4.05. The Bertz CT molecular complexity index is 1890. The fourth-order valence-corrected chi connectivity index (χ4v) is 8.61. The number of thioether (sulfide) groups is 1. The van der Waals surface area contributed by atoms with Crippen LogP contribution in [0.2, 0.25) is 0 Å². The number of aryl methyl sites for hydroxylation is 1. The van der Waals surface area contributed by atoms with Crippen LogP contribution in [0.1, 0.15) is 41.1 Å². The molecule has 44 heavy (non-hydrogen) atoms. The molecule has 1 aliphatic carbocycles. The van der Waals surface area contributed by atoms with E-state index in [1.807, 2.05) is 60.0 Å². The lowest BCUT2D eigenvalue weighted by Gasteiger charge is -2.17. The molecule has 3 heterocycles. The van der Waals surface area contributed by atoms with Gasteiger partial charge in [-0.15, -0.1) is 22.7 Å². The molecule has 1 atom stereocenters. The Morgan fingerprint density at radius 2 is 1.91 bits per heavy atom. The van der Waals surface area contributed by atoms with Crippen LogP contribution < -0.4 is 15.6 Å². The summed E-state index contributed by atoms with van der Waals surface area (Å²) in [4.78, 5) is 47.3. The van der Waals surface area contributed by atoms with E-state index in [-0.39, 0.29) is 23.8 Å². The molecular weight excluding hydrogens is 615 g/mol. The third-order valence-electron chi connectivity index (χ3n) is 7.57. The highest BCUT2D eigenvalue weighted by atomic mass is 32.2. The van der Waals surface area contributed by atoms with Crippen LogP contribution in [-0.4, -0.2) is 40.9 Å². The molecule has 0 saturated heterocycles. The van der Waals surface area contributed by atoms with Crippen molar-refractivity contribution in [3.8, 4) is 22.6 Å². The lowest BCUT2D eigenvalue weighted by Crippen LogP contribution is -2.23. The first-order valence-corrected chi connectivity index (χ1v) is 17.0. The maximum Gasteiger partial charge on any atom is 0.341 e. The Balaban J connectivity index is 1.30. The Kier molecular flexibility index (Phi) is 8.88. The van der Waals surface area contributed by atoms with E-state index < -0.39 is 5.97 Å². The number of amides is 1. The second kappa shape index (κ2) is 13.0. The van der Waals surface area contributed by atoms with E-state index >= 15 is 0 Å². The molecule has 2 aromatic carbocycles. The van der Waals surface area contributed by atoms with E-state index in [4.69, 9.17) is 14.5 Å². The molecule has 0 spiro atoms. The first-order valence-electron chi connectivity index (χ1n) is 14.4. The number of fused-ring (bicyclic) bond motifs is 3. The summed E-state index contributed by atoms with van der Waals surface area (Å²) in [6, 6.07) is 16.8. The second-order valence-electron chi connectivity index (χ2n) is 10.5. The minimum atomic E-state index is -0.511. The van der Waals surface area contributed by atoms with E-state index in [0.29, 0.717) is 44.0 Å². The largest absolute Gasteiger partial charge is 0.497 e. The van der Waals surface area contributed by atoms with Crippen LogP contribution in [0.5, 0.6) is 5.75 Å². The van der Waals surface area contributed by atoms with Crippen molar-refractivity contribution in [2.75, 3.05) is 24.8 Å². The standard InChI is InChI=1S/C33H31N3O5S3/c1-4-41-32(39)28-24(20-11-13-22(40-3)14-12-20)17-42-29(28)34-26(37)18-43-33-35-30-27(23-15-10-19(2)16-25(23)44-30)31(38)36(33)21-8-6-5-7-9-21/h5-9,11-14,17,19H,4,10,15-16,18H2,1-3H3,(H,34,37)/t19-/m0/s1. The smallest absolute Gasteiger partial charge is 0.341 e. The number of carbonyl (C=O) groups is 2. The third kappa shape index (κ3) is 5.91. The topological polar surface area (TPSA) is 99.5 Å². The van der Waals surface area contributed by atoms with Gasteiger partial charge in [0.1, 0.15) is 21.1 Å². The summed E-state index contributed by atoms with van der Waals surface area (Å²) in [5.41, 5.74) is 3.49. The van der Waals surface area contributed by atoms with Gasteiger partial charge in [-0.3, -0.25) is 14.2 Å². The van der Waals surface area contributed by atoms with Crippen LogP contribution in [0.15, 0.2) is 69.9 Å². The van der Waals surface area contributed by atoms with E-state index in [1.54, 1.807) is 29.9 Å². The van der Waals surface area contributed by atoms with Crippen molar-refractivity contribution in [2.24, 2.45) is 5.92 Å². The monoisotopic (exact) mass is 645 g/mol. The van der Waals surface area contributed by atoms with E-state index in [1.165, 1.54) is 28.0 Å². The fourth-order valence-electron chi connectivity index (χ4n) is 5.40. The van der Waals surface area contributed by atoms with Crippen molar-refractivity contribution in [3.05, 3.63) is 86.3 Å². The number of carbonyl (C=O) groups excluding carboxylic acids is 2. The summed E-state index contributed by atoms with van der Waals surface area (Å²) in [5.74, 6) is 0.433. The van der Waals surface area contributed by atoms with Crippen LogP contribution in [0, 0.1) is 5.92 Å². The predicted molar refractivity (Wildman–Crippen MR) is 178 cm³/mol. The minimum Gasteiger partial charge on any atom is -0.497 e. The zero-order valence-electron chi connectivity index (χ0n) is 24.5. The molecular formula is C33H31N3O5S3. The number of thiophene rings is 2. The summed E-state index contributed by atoms with van der Waals surface area (Å²) in [6.45, 7) is 4.19. The number of esters is 1. The van der Waals surface area contributed by atoms with Gasteiger partial charge in [0.15, 0.2) is 5.16 Å². The summed E-state index contributed by atoms with van der Waals surface area (Å²) in [6.07, 6.45) is 2.88. The van der Waals surface area contributed by atoms with Gasteiger partial charge < -0.3 is 14.8 Å². The normalized spacial score (nSPS) is 14.3. The van der Waals surface area contributed by atoms with Crippen molar-refractivity contribution in [2.45, 2.75) is 38.3 Å². The molecule has 1 N–H and O–H groups in total. The Morgan fingerprint density at radius 3 is 2.64 bits per heavy atom. The number of benzene rings is 2. The molecule has 0 radical (unpaired) electrons. The number of hydrogen-bond donors (Lipinski definition) is 1. The Morgan fingerprint density at radius 1 is 1.14 bits per heavy atom. The molecule has 0 saturated carbocycles. The molecule has 0 aliphatic heterocycles. The molecule has 0 bridgehead atoms. The van der Waals surface area contributed by atoms with Crippen LogP contribution >= 0.6 is 34.4 Å². The van der Waals surface area contributed by atoms with Crippen LogP contribution in [0.25, 0.3) is 27.0 Å². The SMILES string of the molecule is CCOC(=O)c1c(-c2ccc(OC)cc2)csc1NC(=O)CSc1nc2sc3c(c2c(=O)n1-c1ccccc1)CC[C@H](C)C3. The van der Waals surface area contributed by atoms with Gasteiger partial charge in [0, 0.05) is 15.8 Å². The zero-order valence-corrected chi connectivity index (χ0v) is 27.0. The number of aromatic nitrogens is 2. The van der Waals surface area contributed by atoms with Crippen molar-refractivity contribution in [3.63, 3.8) is 0 Å². The number of rotatable bonds is 9. The highest BCUT2D eigenvalue weighted by Crippen LogP contribution is 2.38. The minimum absolute atomic E-state index is 0.00899. The third-order valence-corrected chi connectivity index (χ3v) is 10.6. The summed E-state index contributed by atoms with van der Waals surface area (Å²) in [5, 5.41) is 6.29. The van der Waals surface area contributed by atoms with Crippen molar-refractivity contribution < 1.29 is 19.1 Å². The average Bonchev–Trinajstić information content (AvgIpc) is 3.61. The molecule has 1 amide bonds. The van der Waals surface area contributed by atoms with Gasteiger partial charge in [-0.1, -0.05) is 49.0 Å². The highest BCUT2D eigenvalue weighted by molar-refractivity contribution is 7.99. The Hall–Kier alpha value is -3.93. The molecule has 11 heteroatoms. The molecule has 0 unspecified atom stereocenters.